The third kappa shape index (κ3) is 2.29. The Kier molecular flexibility index (Phi) is 3.01. The van der Waals surface area contributed by atoms with Crippen molar-refractivity contribution in [1.82, 2.24) is 9.72 Å². The normalized spacial score (nSPS) is 20.9. The van der Waals surface area contributed by atoms with E-state index in [0.717, 1.165) is 29.9 Å². The van der Waals surface area contributed by atoms with Gasteiger partial charge in [-0.3, -0.25) is 0 Å². The fraction of sp³-hybridized carbons (Fsp3) is 0.562. The first-order valence-electron chi connectivity index (χ1n) is 7.15. The van der Waals surface area contributed by atoms with Crippen molar-refractivity contribution < 1.29 is 9.63 Å². The summed E-state index contributed by atoms with van der Waals surface area (Å²) in [5.41, 5.74) is 4.52. The second-order valence-corrected chi connectivity index (χ2v) is 6.77. The molecule has 108 valence electrons. The third-order valence-corrected chi connectivity index (χ3v) is 4.19. The Hall–Kier alpha value is -1.55. The molecule has 20 heavy (non-hydrogen) atoms. The van der Waals surface area contributed by atoms with Crippen molar-refractivity contribution in [1.29, 1.82) is 0 Å². The van der Waals surface area contributed by atoms with Crippen LogP contribution in [0.5, 0.6) is 0 Å². The van der Waals surface area contributed by atoms with Gasteiger partial charge in [-0.1, -0.05) is 19.0 Å². The number of aliphatic hydroxyl groups is 1. The van der Waals surface area contributed by atoms with Crippen molar-refractivity contribution in [3.8, 4) is 0 Å². The van der Waals surface area contributed by atoms with E-state index >= 15 is 0 Å². The molecule has 0 saturated heterocycles. The highest BCUT2D eigenvalue weighted by atomic mass is 16.5. The van der Waals surface area contributed by atoms with Crippen molar-refractivity contribution in [2.24, 2.45) is 5.41 Å². The zero-order valence-corrected chi connectivity index (χ0v) is 12.6. The van der Waals surface area contributed by atoms with Gasteiger partial charge in [-0.25, -0.2) is 0 Å². The van der Waals surface area contributed by atoms with Gasteiger partial charge in [0.2, 0.25) is 0 Å². The summed E-state index contributed by atoms with van der Waals surface area (Å²) in [4.78, 5) is 0. The second kappa shape index (κ2) is 4.48. The number of fused-ring (bicyclic) bond motifs is 1. The molecule has 4 nitrogen and oxygen atoms in total. The van der Waals surface area contributed by atoms with E-state index in [0.29, 0.717) is 6.54 Å². The Bertz CT molecular complexity index is 637. The lowest BCUT2D eigenvalue weighted by Crippen LogP contribution is -2.27. The average Bonchev–Trinajstić information content (AvgIpc) is 2.86. The lowest BCUT2D eigenvalue weighted by molar-refractivity contribution is 0.0980. The number of rotatable bonds is 2. The van der Waals surface area contributed by atoms with Crippen LogP contribution in [0.2, 0.25) is 0 Å². The van der Waals surface area contributed by atoms with Crippen molar-refractivity contribution in [2.45, 2.75) is 53.2 Å². The number of nitrogens with zero attached hydrogens (tertiary/aromatic N) is 2. The molecule has 2 aromatic rings. The largest absolute Gasteiger partial charge is 0.388 e. The monoisotopic (exact) mass is 274 g/mol. The number of aromatic nitrogens is 2. The highest BCUT2D eigenvalue weighted by molar-refractivity contribution is 5.33. The van der Waals surface area contributed by atoms with Gasteiger partial charge in [0, 0.05) is 23.0 Å². The molecule has 1 aliphatic carbocycles. The van der Waals surface area contributed by atoms with Crippen LogP contribution in [0, 0.1) is 19.3 Å². The smallest absolute Gasteiger partial charge is 0.156 e. The van der Waals surface area contributed by atoms with E-state index in [9.17, 15) is 5.11 Å². The molecule has 0 saturated carbocycles. The summed E-state index contributed by atoms with van der Waals surface area (Å²) in [6.07, 6.45) is 1.45. The number of hydrogen-bond donors (Lipinski definition) is 1. The fourth-order valence-corrected chi connectivity index (χ4v) is 3.27. The number of aryl methyl sites for hydroxylation is 2. The first-order valence-corrected chi connectivity index (χ1v) is 7.15. The van der Waals surface area contributed by atoms with E-state index in [1.165, 1.54) is 11.4 Å². The van der Waals surface area contributed by atoms with Crippen molar-refractivity contribution in [3.63, 3.8) is 0 Å². The SMILES string of the molecule is Cc1cc(Cn2c(C)cc3c2CC(C)(C)CC3O)on1. The van der Waals surface area contributed by atoms with Crippen molar-refractivity contribution in [2.75, 3.05) is 0 Å². The zero-order valence-electron chi connectivity index (χ0n) is 12.6. The first kappa shape index (κ1) is 13.4. The molecule has 1 aliphatic rings. The van der Waals surface area contributed by atoms with Gasteiger partial charge < -0.3 is 14.2 Å². The molecule has 0 fully saturated rings. The van der Waals surface area contributed by atoms with Crippen LogP contribution in [0.1, 0.15) is 54.8 Å². The Morgan fingerprint density at radius 2 is 2.15 bits per heavy atom. The maximum absolute atomic E-state index is 10.4. The van der Waals surface area contributed by atoms with Crippen LogP contribution in [0.3, 0.4) is 0 Å². The predicted octanol–water partition coefficient (Wildman–Crippen LogP) is 3.15. The standard InChI is InChI=1S/C16H22N2O2/c1-10-5-12(20-17-10)9-18-11(2)6-13-14(18)7-16(3,4)8-15(13)19/h5-6,15,19H,7-9H2,1-4H3. The highest BCUT2D eigenvalue weighted by Crippen LogP contribution is 2.42. The molecular weight excluding hydrogens is 252 g/mol. The highest BCUT2D eigenvalue weighted by Gasteiger charge is 2.34. The van der Waals surface area contributed by atoms with Crippen molar-refractivity contribution >= 4 is 0 Å². The molecule has 0 bridgehead atoms. The third-order valence-electron chi connectivity index (χ3n) is 4.19. The molecule has 0 aromatic carbocycles. The minimum absolute atomic E-state index is 0.131. The van der Waals surface area contributed by atoms with E-state index in [2.05, 4.69) is 36.6 Å². The van der Waals surface area contributed by atoms with E-state index in [1.54, 1.807) is 0 Å². The molecule has 4 heteroatoms. The van der Waals surface area contributed by atoms with Gasteiger partial charge in [-0.2, -0.15) is 0 Å². The van der Waals surface area contributed by atoms with Gasteiger partial charge in [0.25, 0.3) is 0 Å². The minimum atomic E-state index is -0.356. The predicted molar refractivity (Wildman–Crippen MR) is 76.6 cm³/mol. The van der Waals surface area contributed by atoms with E-state index < -0.39 is 0 Å². The van der Waals surface area contributed by atoms with Gasteiger partial charge in [0.05, 0.1) is 18.3 Å². The fourth-order valence-electron chi connectivity index (χ4n) is 3.27. The van der Waals surface area contributed by atoms with Gasteiger partial charge >= 0.3 is 0 Å². The van der Waals surface area contributed by atoms with Crippen LogP contribution in [-0.2, 0) is 13.0 Å². The Balaban J connectivity index is 2.00. The molecule has 1 N–H and O–H groups in total. The van der Waals surface area contributed by atoms with E-state index in [-0.39, 0.29) is 11.5 Å². The van der Waals surface area contributed by atoms with Crippen LogP contribution >= 0.6 is 0 Å². The van der Waals surface area contributed by atoms with E-state index in [4.69, 9.17) is 4.52 Å². The summed E-state index contributed by atoms with van der Waals surface area (Å²) in [7, 11) is 0. The lowest BCUT2D eigenvalue weighted by atomic mass is 9.75. The Morgan fingerprint density at radius 1 is 1.40 bits per heavy atom. The first-order chi connectivity index (χ1) is 9.35. The second-order valence-electron chi connectivity index (χ2n) is 6.77. The van der Waals surface area contributed by atoms with Gasteiger partial charge in [-0.05, 0) is 38.2 Å². The van der Waals surface area contributed by atoms with Gasteiger partial charge in [-0.15, -0.1) is 0 Å². The molecule has 0 aliphatic heterocycles. The summed E-state index contributed by atoms with van der Waals surface area (Å²) < 4.78 is 7.58. The van der Waals surface area contributed by atoms with Gasteiger partial charge in [0.15, 0.2) is 5.76 Å². The van der Waals surface area contributed by atoms with Gasteiger partial charge in [0.1, 0.15) is 0 Å². The molecule has 2 aromatic heterocycles. The van der Waals surface area contributed by atoms with Crippen LogP contribution < -0.4 is 0 Å². The molecule has 3 rings (SSSR count). The maximum Gasteiger partial charge on any atom is 0.156 e. The van der Waals surface area contributed by atoms with Crippen LogP contribution in [0.25, 0.3) is 0 Å². The molecule has 0 spiro atoms. The summed E-state index contributed by atoms with van der Waals surface area (Å²) >= 11 is 0. The molecule has 0 radical (unpaired) electrons. The molecule has 1 unspecified atom stereocenters. The molecular formula is C16H22N2O2. The lowest BCUT2D eigenvalue weighted by Gasteiger charge is -2.33. The Labute approximate surface area is 119 Å². The zero-order chi connectivity index (χ0) is 14.5. The number of hydrogen-bond acceptors (Lipinski definition) is 3. The quantitative estimate of drug-likeness (QED) is 0.915. The molecule has 1 atom stereocenters. The Morgan fingerprint density at radius 3 is 2.80 bits per heavy atom. The summed E-state index contributed by atoms with van der Waals surface area (Å²) in [5.74, 6) is 0.863. The van der Waals surface area contributed by atoms with Crippen LogP contribution in [0.4, 0.5) is 0 Å². The summed E-state index contributed by atoms with van der Waals surface area (Å²) in [6, 6.07) is 4.08. The summed E-state index contributed by atoms with van der Waals surface area (Å²) in [5, 5.41) is 14.3. The molecule has 2 heterocycles. The number of aliphatic hydroxyl groups excluding tert-OH is 1. The summed E-state index contributed by atoms with van der Waals surface area (Å²) in [6.45, 7) is 9.12. The maximum atomic E-state index is 10.4. The molecule has 0 amide bonds. The van der Waals surface area contributed by atoms with Crippen molar-refractivity contribution in [3.05, 3.63) is 40.5 Å². The average molecular weight is 274 g/mol. The van der Waals surface area contributed by atoms with E-state index in [1.807, 2.05) is 13.0 Å². The minimum Gasteiger partial charge on any atom is -0.388 e. The topological polar surface area (TPSA) is 51.2 Å². The van der Waals surface area contributed by atoms with Crippen LogP contribution in [0.15, 0.2) is 16.7 Å². The van der Waals surface area contributed by atoms with Crippen LogP contribution in [-0.4, -0.2) is 14.8 Å².